The quantitative estimate of drug-likeness (QED) is 0.891. The fraction of sp³-hybridized carbons (Fsp3) is 0.750. The molecule has 2 rings (SSSR count). The van der Waals surface area contributed by atoms with Gasteiger partial charge in [-0.3, -0.25) is 4.90 Å². The zero-order chi connectivity index (χ0) is 12.3. The summed E-state index contributed by atoms with van der Waals surface area (Å²) < 4.78 is 5.74. The van der Waals surface area contributed by atoms with Gasteiger partial charge in [-0.15, -0.1) is 11.3 Å². The molecule has 1 aromatic rings. The van der Waals surface area contributed by atoms with Crippen molar-refractivity contribution in [1.29, 1.82) is 0 Å². The number of hydrogen-bond donors (Lipinski definition) is 1. The summed E-state index contributed by atoms with van der Waals surface area (Å²) in [5.41, 5.74) is 1.12. The molecule has 96 valence electrons. The van der Waals surface area contributed by atoms with Gasteiger partial charge in [0.2, 0.25) is 0 Å². The molecule has 1 fully saturated rings. The van der Waals surface area contributed by atoms with E-state index in [-0.39, 0.29) is 6.10 Å². The number of likely N-dealkylation sites (N-methyl/N-ethyl adjacent to an activating group) is 1. The molecule has 1 saturated heterocycles. The minimum Gasteiger partial charge on any atom is -0.374 e. The summed E-state index contributed by atoms with van der Waals surface area (Å²) in [6, 6.07) is 0. The van der Waals surface area contributed by atoms with Crippen molar-refractivity contribution in [2.45, 2.75) is 26.9 Å². The first-order valence-electron chi connectivity index (χ1n) is 6.21. The Hall–Kier alpha value is -0.650. The fourth-order valence-electron chi connectivity index (χ4n) is 1.94. The molecule has 1 aromatic heterocycles. The maximum absolute atomic E-state index is 5.74. The Morgan fingerprint density at radius 3 is 3.00 bits per heavy atom. The third-order valence-corrected chi connectivity index (χ3v) is 4.21. The van der Waals surface area contributed by atoms with E-state index in [9.17, 15) is 0 Å². The topological polar surface area (TPSA) is 37.4 Å². The van der Waals surface area contributed by atoms with Gasteiger partial charge in [-0.05, 0) is 20.4 Å². The lowest BCUT2D eigenvalue weighted by Gasteiger charge is -2.32. The summed E-state index contributed by atoms with van der Waals surface area (Å²) in [6.45, 7) is 11.2. The van der Waals surface area contributed by atoms with E-state index in [1.807, 2.05) is 6.92 Å². The maximum Gasteiger partial charge on any atom is 0.183 e. The number of rotatable bonds is 4. The third kappa shape index (κ3) is 3.40. The highest BCUT2D eigenvalue weighted by Crippen LogP contribution is 2.21. The summed E-state index contributed by atoms with van der Waals surface area (Å²) >= 11 is 1.72. The molecule has 1 unspecified atom stereocenters. The van der Waals surface area contributed by atoms with Crippen LogP contribution < -0.4 is 5.32 Å². The first-order valence-corrected chi connectivity index (χ1v) is 7.02. The summed E-state index contributed by atoms with van der Waals surface area (Å²) in [7, 11) is 0. The van der Waals surface area contributed by atoms with Gasteiger partial charge in [-0.1, -0.05) is 6.92 Å². The van der Waals surface area contributed by atoms with Crippen molar-refractivity contribution >= 4 is 16.5 Å². The predicted molar refractivity (Wildman–Crippen MR) is 71.9 cm³/mol. The average molecular weight is 255 g/mol. The van der Waals surface area contributed by atoms with Gasteiger partial charge in [0, 0.05) is 24.5 Å². The van der Waals surface area contributed by atoms with Crippen molar-refractivity contribution in [3.63, 3.8) is 0 Å². The Kier molecular flexibility index (Phi) is 4.36. The van der Waals surface area contributed by atoms with Gasteiger partial charge in [0.25, 0.3) is 0 Å². The maximum atomic E-state index is 5.74. The van der Waals surface area contributed by atoms with E-state index in [1.165, 1.54) is 4.88 Å². The van der Waals surface area contributed by atoms with Crippen molar-refractivity contribution in [3.05, 3.63) is 10.6 Å². The number of hydrogen-bond acceptors (Lipinski definition) is 5. The normalized spacial score (nSPS) is 21.7. The van der Waals surface area contributed by atoms with Gasteiger partial charge in [0.05, 0.1) is 18.4 Å². The molecule has 2 heterocycles. The summed E-state index contributed by atoms with van der Waals surface area (Å²) in [6.07, 6.45) is 0.285. The molecule has 0 saturated carbocycles. The van der Waals surface area contributed by atoms with Crippen LogP contribution in [0.5, 0.6) is 0 Å². The molecule has 1 N–H and O–H groups in total. The van der Waals surface area contributed by atoms with Crippen LogP contribution in [0.3, 0.4) is 0 Å². The lowest BCUT2D eigenvalue weighted by Crippen LogP contribution is -2.45. The Morgan fingerprint density at radius 1 is 1.53 bits per heavy atom. The van der Waals surface area contributed by atoms with Crippen LogP contribution in [-0.2, 0) is 4.74 Å². The predicted octanol–water partition coefficient (Wildman–Crippen LogP) is 1.89. The molecule has 0 bridgehead atoms. The van der Waals surface area contributed by atoms with Gasteiger partial charge >= 0.3 is 0 Å². The van der Waals surface area contributed by atoms with Crippen LogP contribution in [0, 0.1) is 13.8 Å². The molecule has 4 nitrogen and oxygen atoms in total. The summed E-state index contributed by atoms with van der Waals surface area (Å²) in [4.78, 5) is 8.18. The van der Waals surface area contributed by atoms with E-state index in [4.69, 9.17) is 4.74 Å². The highest BCUT2D eigenvalue weighted by atomic mass is 32.1. The van der Waals surface area contributed by atoms with E-state index in [0.717, 1.165) is 43.6 Å². The number of aromatic nitrogens is 1. The summed E-state index contributed by atoms with van der Waals surface area (Å²) in [5, 5.41) is 4.39. The summed E-state index contributed by atoms with van der Waals surface area (Å²) in [5.74, 6) is 0. The molecule has 0 aromatic carbocycles. The monoisotopic (exact) mass is 255 g/mol. The van der Waals surface area contributed by atoms with Crippen molar-refractivity contribution in [1.82, 2.24) is 9.88 Å². The van der Waals surface area contributed by atoms with Gasteiger partial charge < -0.3 is 10.1 Å². The highest BCUT2D eigenvalue weighted by Gasteiger charge is 2.19. The first-order chi connectivity index (χ1) is 8.19. The number of nitrogens with zero attached hydrogens (tertiary/aromatic N) is 2. The Labute approximate surface area is 107 Å². The molecular weight excluding hydrogens is 234 g/mol. The number of morpholine rings is 1. The van der Waals surface area contributed by atoms with Crippen LogP contribution in [0.2, 0.25) is 0 Å². The zero-order valence-electron chi connectivity index (χ0n) is 10.8. The van der Waals surface area contributed by atoms with Gasteiger partial charge in [-0.2, -0.15) is 0 Å². The molecule has 1 atom stereocenters. The Morgan fingerprint density at radius 2 is 2.35 bits per heavy atom. The average Bonchev–Trinajstić information content (AvgIpc) is 2.67. The molecule has 1 aliphatic heterocycles. The second-order valence-electron chi connectivity index (χ2n) is 4.43. The van der Waals surface area contributed by atoms with E-state index in [0.29, 0.717) is 0 Å². The fourth-order valence-corrected chi connectivity index (χ4v) is 2.76. The Balaban J connectivity index is 1.81. The van der Waals surface area contributed by atoms with Crippen LogP contribution in [-0.4, -0.2) is 48.8 Å². The van der Waals surface area contributed by atoms with Crippen LogP contribution in [0.25, 0.3) is 0 Å². The SMILES string of the molecule is CCN1CCOC(CNc2nc(C)c(C)s2)C1. The molecule has 0 aliphatic carbocycles. The number of thiazole rings is 1. The number of anilines is 1. The molecule has 0 amide bonds. The number of ether oxygens (including phenoxy) is 1. The van der Waals surface area contributed by atoms with Crippen LogP contribution in [0.4, 0.5) is 5.13 Å². The Bertz CT molecular complexity index is 347. The minimum absolute atomic E-state index is 0.285. The molecule has 17 heavy (non-hydrogen) atoms. The second-order valence-corrected chi connectivity index (χ2v) is 5.63. The molecule has 1 aliphatic rings. The first kappa shape index (κ1) is 12.8. The largest absolute Gasteiger partial charge is 0.374 e. The van der Waals surface area contributed by atoms with Crippen molar-refractivity contribution < 1.29 is 4.74 Å². The molecular formula is C12H21N3OS. The third-order valence-electron chi connectivity index (χ3n) is 3.18. The van der Waals surface area contributed by atoms with E-state index < -0.39 is 0 Å². The minimum atomic E-state index is 0.285. The van der Waals surface area contributed by atoms with Gasteiger partial charge in [0.1, 0.15) is 0 Å². The van der Waals surface area contributed by atoms with E-state index >= 15 is 0 Å². The lowest BCUT2D eigenvalue weighted by atomic mass is 10.2. The lowest BCUT2D eigenvalue weighted by molar-refractivity contribution is -0.0191. The molecule has 5 heteroatoms. The number of aryl methyl sites for hydroxylation is 2. The zero-order valence-corrected chi connectivity index (χ0v) is 11.6. The van der Waals surface area contributed by atoms with Crippen LogP contribution in [0.1, 0.15) is 17.5 Å². The standard InChI is InChI=1S/C12H21N3OS/c1-4-15-5-6-16-11(8-15)7-13-12-14-9(2)10(3)17-12/h11H,4-8H2,1-3H3,(H,13,14). The van der Waals surface area contributed by atoms with Crippen LogP contribution >= 0.6 is 11.3 Å². The van der Waals surface area contributed by atoms with Gasteiger partial charge in [0.15, 0.2) is 5.13 Å². The van der Waals surface area contributed by atoms with E-state index in [1.54, 1.807) is 11.3 Å². The van der Waals surface area contributed by atoms with Crippen molar-refractivity contribution in [3.8, 4) is 0 Å². The van der Waals surface area contributed by atoms with Gasteiger partial charge in [-0.25, -0.2) is 4.98 Å². The molecule has 0 radical (unpaired) electrons. The highest BCUT2D eigenvalue weighted by molar-refractivity contribution is 7.15. The smallest absolute Gasteiger partial charge is 0.183 e. The second kappa shape index (κ2) is 5.80. The van der Waals surface area contributed by atoms with Crippen LogP contribution in [0.15, 0.2) is 0 Å². The molecule has 0 spiro atoms. The van der Waals surface area contributed by atoms with Crippen molar-refractivity contribution in [2.24, 2.45) is 0 Å². The number of nitrogens with one attached hydrogen (secondary N) is 1. The van der Waals surface area contributed by atoms with Crippen molar-refractivity contribution in [2.75, 3.05) is 38.1 Å². The van der Waals surface area contributed by atoms with E-state index in [2.05, 4.69) is 29.0 Å².